The monoisotopic (exact) mass is 835 g/mol. The zero-order valence-corrected chi connectivity index (χ0v) is 35.2. The molecule has 0 radical (unpaired) electrons. The molecular weight excluding hydrogens is 782 g/mol. The van der Waals surface area contributed by atoms with E-state index in [1.165, 1.54) is 0 Å². The normalized spacial score (nSPS) is 25.7. The summed E-state index contributed by atoms with van der Waals surface area (Å²) in [4.78, 5) is 64.4. The van der Waals surface area contributed by atoms with Crippen LogP contribution in [0.25, 0.3) is 0 Å². The van der Waals surface area contributed by atoms with Crippen molar-refractivity contribution in [3.05, 3.63) is 76.1 Å². The first kappa shape index (κ1) is 41.7. The molecule has 13 nitrogen and oxygen atoms in total. The van der Waals surface area contributed by atoms with E-state index in [9.17, 15) is 19.2 Å². The lowest BCUT2D eigenvalue weighted by molar-refractivity contribution is -0.137. The van der Waals surface area contributed by atoms with Crippen molar-refractivity contribution >= 4 is 41.1 Å². The molecule has 4 fully saturated rings. The molecule has 3 aliphatic carbocycles. The van der Waals surface area contributed by atoms with Gasteiger partial charge in [0.25, 0.3) is 5.91 Å². The number of amides is 3. The second-order valence-electron chi connectivity index (χ2n) is 17.6. The summed E-state index contributed by atoms with van der Waals surface area (Å²) in [6.07, 6.45) is 12.3. The number of anilines is 1. The number of halogens is 1. The molecule has 2 unspecified atom stereocenters. The molecule has 8 rings (SSSR count). The number of nitriles is 1. The van der Waals surface area contributed by atoms with Crippen LogP contribution in [0.3, 0.4) is 0 Å². The van der Waals surface area contributed by atoms with E-state index in [2.05, 4.69) is 50.3 Å². The number of nitrogens with zero attached hydrogens (tertiary/aromatic N) is 5. The third kappa shape index (κ3) is 9.45. The van der Waals surface area contributed by atoms with Gasteiger partial charge in [-0.2, -0.15) is 5.26 Å². The van der Waals surface area contributed by atoms with Gasteiger partial charge in [0, 0.05) is 93.4 Å². The maximum Gasteiger partial charge on any atom is 0.254 e. The number of rotatable bonds is 13. The third-order valence-electron chi connectivity index (χ3n) is 13.4. The fourth-order valence-corrected chi connectivity index (χ4v) is 9.94. The number of ketones is 1. The molecule has 5 aliphatic rings. The number of imide groups is 1. The summed E-state index contributed by atoms with van der Waals surface area (Å²) in [7, 11) is 0. The standard InChI is InChI=1S/C46H54ClN7O6/c1-27(2)54(33-18-37(19-33)60-35-9-5-30-17-40(43(56)39(30)20-35)38-11-12-42(55)52-45(38)58)26-29-13-15-53(16-14-29)46-50-24-32(25-51-46)44(57)49-23-28-3-7-34(8-4-28)59-36-10-6-31(22-48)41(47)21-36/h5-6,9-10,20-21,24-25,27-29,33-34,37-38,40H,3-4,7-8,11-19,23,26H2,1-2H3,(H,49,57)(H,52,55,58). The molecule has 0 spiro atoms. The highest BCUT2D eigenvalue weighted by molar-refractivity contribution is 6.31. The van der Waals surface area contributed by atoms with Crippen LogP contribution in [0, 0.1) is 35.0 Å². The Hall–Kier alpha value is -5.06. The maximum absolute atomic E-state index is 13.4. The van der Waals surface area contributed by atoms with Crippen LogP contribution in [-0.4, -0.2) is 88.8 Å². The van der Waals surface area contributed by atoms with Crippen LogP contribution in [0.5, 0.6) is 11.5 Å². The van der Waals surface area contributed by atoms with Crippen molar-refractivity contribution in [2.45, 2.75) is 109 Å². The minimum absolute atomic E-state index is 0.0259. The van der Waals surface area contributed by atoms with Crippen molar-refractivity contribution in [2.24, 2.45) is 23.7 Å². The van der Waals surface area contributed by atoms with E-state index in [1.54, 1.807) is 30.6 Å². The average Bonchev–Trinajstić information content (AvgIpc) is 3.56. The number of carbonyl (C=O) groups excluding carboxylic acids is 4. The number of hydrogen-bond donors (Lipinski definition) is 2. The Balaban J connectivity index is 0.740. The van der Waals surface area contributed by atoms with Gasteiger partial charge in [0.15, 0.2) is 5.78 Å². The van der Waals surface area contributed by atoms with Gasteiger partial charge >= 0.3 is 0 Å². The fourth-order valence-electron chi connectivity index (χ4n) is 9.72. The lowest BCUT2D eigenvalue weighted by Crippen LogP contribution is -2.53. The maximum atomic E-state index is 13.4. The van der Waals surface area contributed by atoms with E-state index in [0.717, 1.165) is 76.6 Å². The van der Waals surface area contributed by atoms with Gasteiger partial charge in [-0.05, 0) is 107 Å². The summed E-state index contributed by atoms with van der Waals surface area (Å²) in [6.45, 7) is 7.88. The molecule has 316 valence electrons. The van der Waals surface area contributed by atoms with Gasteiger partial charge in [-0.1, -0.05) is 17.7 Å². The minimum Gasteiger partial charge on any atom is -0.490 e. The molecule has 2 atom stereocenters. The number of carbonyl (C=O) groups is 4. The highest BCUT2D eigenvalue weighted by Gasteiger charge is 2.43. The van der Waals surface area contributed by atoms with Gasteiger partial charge in [0.1, 0.15) is 23.7 Å². The van der Waals surface area contributed by atoms with Crippen LogP contribution in [0.15, 0.2) is 48.8 Å². The highest BCUT2D eigenvalue weighted by atomic mass is 35.5. The van der Waals surface area contributed by atoms with E-state index in [-0.39, 0.29) is 42.1 Å². The Morgan fingerprint density at radius 3 is 2.32 bits per heavy atom. The number of ether oxygens (including phenoxy) is 2. The van der Waals surface area contributed by atoms with Gasteiger partial charge in [-0.25, -0.2) is 9.97 Å². The van der Waals surface area contributed by atoms with Crippen molar-refractivity contribution in [2.75, 3.05) is 31.1 Å². The molecular formula is C46H54ClN7O6. The first-order valence-corrected chi connectivity index (χ1v) is 22.0. The summed E-state index contributed by atoms with van der Waals surface area (Å²) in [5, 5.41) is 15.0. The Kier molecular flexibility index (Phi) is 12.7. The summed E-state index contributed by atoms with van der Waals surface area (Å²) in [5.41, 5.74) is 2.48. The molecule has 3 aromatic rings. The number of fused-ring (bicyclic) bond motifs is 1. The second kappa shape index (κ2) is 18.3. The van der Waals surface area contributed by atoms with Crippen molar-refractivity contribution in [1.82, 2.24) is 25.5 Å². The molecule has 60 heavy (non-hydrogen) atoms. The Bertz CT molecular complexity index is 2120. The predicted octanol–water partition coefficient (Wildman–Crippen LogP) is 6.31. The number of benzene rings is 2. The van der Waals surface area contributed by atoms with Crippen molar-refractivity contribution in [1.29, 1.82) is 5.26 Å². The van der Waals surface area contributed by atoms with E-state index in [4.69, 9.17) is 26.3 Å². The minimum atomic E-state index is -0.464. The fraction of sp³-hybridized carbons (Fsp3) is 0.543. The highest BCUT2D eigenvalue weighted by Crippen LogP contribution is 2.39. The Morgan fingerprint density at radius 2 is 1.63 bits per heavy atom. The molecule has 2 aliphatic heterocycles. The summed E-state index contributed by atoms with van der Waals surface area (Å²) in [5.74, 6) is 1.29. The average molecular weight is 836 g/mol. The number of aromatic nitrogens is 2. The molecule has 14 heteroatoms. The van der Waals surface area contributed by atoms with Crippen LogP contribution in [0.2, 0.25) is 5.02 Å². The smallest absolute Gasteiger partial charge is 0.254 e. The van der Waals surface area contributed by atoms with Gasteiger partial charge in [0.2, 0.25) is 17.8 Å². The molecule has 2 N–H and O–H groups in total. The zero-order valence-electron chi connectivity index (χ0n) is 34.4. The number of nitrogens with one attached hydrogen (secondary N) is 2. The van der Waals surface area contributed by atoms with Crippen LogP contribution >= 0.6 is 11.6 Å². The molecule has 3 amide bonds. The Morgan fingerprint density at radius 1 is 0.933 bits per heavy atom. The van der Waals surface area contributed by atoms with Crippen molar-refractivity contribution in [3.63, 3.8) is 0 Å². The number of hydrogen-bond acceptors (Lipinski definition) is 11. The van der Waals surface area contributed by atoms with E-state index in [1.807, 2.05) is 18.2 Å². The summed E-state index contributed by atoms with van der Waals surface area (Å²) < 4.78 is 12.5. The predicted molar refractivity (Wildman–Crippen MR) is 225 cm³/mol. The van der Waals surface area contributed by atoms with Gasteiger partial charge < -0.3 is 19.7 Å². The zero-order chi connectivity index (χ0) is 41.9. The van der Waals surface area contributed by atoms with Gasteiger partial charge in [0.05, 0.1) is 22.3 Å². The molecule has 3 heterocycles. The molecule has 0 bridgehead atoms. The Labute approximate surface area is 356 Å². The van der Waals surface area contributed by atoms with Crippen LogP contribution in [-0.2, 0) is 16.0 Å². The summed E-state index contributed by atoms with van der Waals surface area (Å²) in [6, 6.07) is 13.8. The molecule has 2 saturated carbocycles. The second-order valence-corrected chi connectivity index (χ2v) is 18.0. The van der Waals surface area contributed by atoms with Crippen molar-refractivity contribution in [3.8, 4) is 17.6 Å². The van der Waals surface area contributed by atoms with Crippen molar-refractivity contribution < 1.29 is 28.7 Å². The molecule has 2 aromatic carbocycles. The van der Waals surface area contributed by atoms with Crippen LogP contribution in [0.4, 0.5) is 5.95 Å². The van der Waals surface area contributed by atoms with Gasteiger partial charge in [-0.3, -0.25) is 29.4 Å². The number of Topliss-reactive ketones (excluding diaryl/α,β-unsaturated/α-hetero) is 1. The van der Waals surface area contributed by atoms with Crippen LogP contribution in [0.1, 0.15) is 110 Å². The quantitative estimate of drug-likeness (QED) is 0.185. The van der Waals surface area contributed by atoms with E-state index < -0.39 is 11.8 Å². The number of piperidine rings is 2. The lowest BCUT2D eigenvalue weighted by atomic mass is 9.83. The van der Waals surface area contributed by atoms with E-state index >= 15 is 0 Å². The van der Waals surface area contributed by atoms with Crippen LogP contribution < -0.4 is 25.0 Å². The van der Waals surface area contributed by atoms with Gasteiger partial charge in [-0.15, -0.1) is 0 Å². The first-order chi connectivity index (χ1) is 29.0. The molecule has 2 saturated heterocycles. The third-order valence-corrected chi connectivity index (χ3v) is 13.7. The molecule has 1 aromatic heterocycles. The largest absolute Gasteiger partial charge is 0.490 e. The first-order valence-electron chi connectivity index (χ1n) is 21.7. The lowest BCUT2D eigenvalue weighted by Gasteiger charge is -2.46. The SMILES string of the molecule is CC(C)N(CC1CCN(c2ncc(C(=O)NCC3CCC(Oc4ccc(C#N)c(Cl)c4)CC3)cn2)CC1)C1CC(Oc2ccc3c(c2)C(=O)C(C2CCC(=O)NC2=O)C3)C1. The summed E-state index contributed by atoms with van der Waals surface area (Å²) >= 11 is 6.16. The van der Waals surface area contributed by atoms with E-state index in [0.29, 0.717) is 82.5 Å². The topological polar surface area (TPSA) is 167 Å².